The maximum absolute atomic E-state index is 11.9. The summed E-state index contributed by atoms with van der Waals surface area (Å²) in [5.74, 6) is -0.188. The molecule has 1 aliphatic rings. The fraction of sp³-hybridized carbons (Fsp3) is 0.333. The van der Waals surface area contributed by atoms with Crippen molar-refractivity contribution in [2.75, 3.05) is 26.0 Å². The molecule has 0 spiro atoms. The van der Waals surface area contributed by atoms with E-state index in [1.54, 1.807) is 12.1 Å². The van der Waals surface area contributed by atoms with E-state index in [1.807, 2.05) is 0 Å². The van der Waals surface area contributed by atoms with Crippen molar-refractivity contribution in [3.8, 4) is 5.88 Å². The minimum atomic E-state index is -0.360. The molecule has 0 atom stereocenters. The summed E-state index contributed by atoms with van der Waals surface area (Å²) in [4.78, 5) is 39.7. The molecule has 0 bridgehead atoms. The van der Waals surface area contributed by atoms with Crippen molar-refractivity contribution in [2.24, 2.45) is 0 Å². The Balaban J connectivity index is 1.89. The minimum absolute atomic E-state index is 0.166. The Morgan fingerprint density at radius 3 is 3.00 bits per heavy atom. The average Bonchev–Trinajstić information content (AvgIpc) is 2.78. The van der Waals surface area contributed by atoms with Crippen molar-refractivity contribution in [1.29, 1.82) is 0 Å². The zero-order valence-electron chi connectivity index (χ0n) is 10.8. The van der Waals surface area contributed by atoms with E-state index in [0.717, 1.165) is 16.7 Å². The molecule has 106 valence electrons. The predicted octanol–water partition coefficient (Wildman–Crippen LogP) is 0.515. The van der Waals surface area contributed by atoms with E-state index in [1.165, 1.54) is 13.3 Å². The Morgan fingerprint density at radius 1 is 1.55 bits per heavy atom. The van der Waals surface area contributed by atoms with E-state index in [-0.39, 0.29) is 41.8 Å². The Hall–Kier alpha value is -2.09. The van der Waals surface area contributed by atoms with Gasteiger partial charge in [-0.05, 0) is 12.1 Å². The van der Waals surface area contributed by atoms with Gasteiger partial charge in [-0.15, -0.1) is 0 Å². The maximum Gasteiger partial charge on any atom is 0.288 e. The van der Waals surface area contributed by atoms with Gasteiger partial charge in [0.05, 0.1) is 12.9 Å². The summed E-state index contributed by atoms with van der Waals surface area (Å²) in [5, 5.41) is 2.35. The maximum atomic E-state index is 11.9. The van der Waals surface area contributed by atoms with Crippen LogP contribution in [0.2, 0.25) is 0 Å². The Morgan fingerprint density at radius 2 is 2.35 bits per heavy atom. The van der Waals surface area contributed by atoms with Crippen LogP contribution in [0.3, 0.4) is 0 Å². The van der Waals surface area contributed by atoms with Crippen LogP contribution < -0.4 is 10.1 Å². The van der Waals surface area contributed by atoms with E-state index in [4.69, 9.17) is 4.74 Å². The monoisotopic (exact) mass is 295 g/mol. The first kappa shape index (κ1) is 14.3. The lowest BCUT2D eigenvalue weighted by atomic mass is 10.2. The van der Waals surface area contributed by atoms with Crippen molar-refractivity contribution in [2.45, 2.75) is 0 Å². The molecular weight excluding hydrogens is 282 g/mol. The molecule has 1 aromatic rings. The molecule has 2 rings (SSSR count). The first-order valence-corrected chi connectivity index (χ1v) is 6.86. The topological polar surface area (TPSA) is 88.6 Å². The second kappa shape index (κ2) is 6.38. The highest BCUT2D eigenvalue weighted by molar-refractivity contribution is 8.14. The third-order valence-electron chi connectivity index (χ3n) is 2.67. The van der Waals surface area contributed by atoms with Crippen molar-refractivity contribution >= 4 is 28.8 Å². The largest absolute Gasteiger partial charge is 0.480 e. The highest BCUT2D eigenvalue weighted by Crippen LogP contribution is 2.18. The van der Waals surface area contributed by atoms with E-state index in [9.17, 15) is 14.4 Å². The quantitative estimate of drug-likeness (QED) is 0.851. The van der Waals surface area contributed by atoms with Gasteiger partial charge in [0.2, 0.25) is 11.8 Å². The molecule has 2 heterocycles. The van der Waals surface area contributed by atoms with Crippen molar-refractivity contribution in [3.05, 3.63) is 23.9 Å². The molecule has 1 fully saturated rings. The molecule has 1 aliphatic heterocycles. The highest BCUT2D eigenvalue weighted by Gasteiger charge is 2.29. The molecule has 0 aliphatic carbocycles. The van der Waals surface area contributed by atoms with Gasteiger partial charge in [-0.1, -0.05) is 11.8 Å². The summed E-state index contributed by atoms with van der Waals surface area (Å²) in [5.41, 5.74) is 0.309. The third-order valence-corrected chi connectivity index (χ3v) is 3.53. The molecular formula is C12H13N3O4S. The second-order valence-electron chi connectivity index (χ2n) is 3.92. The van der Waals surface area contributed by atoms with E-state index < -0.39 is 0 Å². The molecule has 1 aromatic heterocycles. The number of carbonyl (C=O) groups excluding carboxylic acids is 3. The van der Waals surface area contributed by atoms with E-state index in [2.05, 4.69) is 10.3 Å². The number of carbonyl (C=O) groups is 3. The molecule has 8 heteroatoms. The summed E-state index contributed by atoms with van der Waals surface area (Å²) < 4.78 is 4.99. The third kappa shape index (κ3) is 3.08. The summed E-state index contributed by atoms with van der Waals surface area (Å²) in [7, 11) is 1.43. The summed E-state index contributed by atoms with van der Waals surface area (Å²) in [6.07, 6.45) is 1.52. The molecule has 1 saturated heterocycles. The van der Waals surface area contributed by atoms with Gasteiger partial charge in [0.1, 0.15) is 5.56 Å². The fourth-order valence-corrected chi connectivity index (χ4v) is 2.45. The molecule has 0 aromatic carbocycles. The van der Waals surface area contributed by atoms with Gasteiger partial charge >= 0.3 is 0 Å². The Labute approximate surface area is 119 Å². The number of imide groups is 1. The number of nitrogens with one attached hydrogen (secondary N) is 1. The number of nitrogens with zero attached hydrogens (tertiary/aromatic N) is 2. The first-order chi connectivity index (χ1) is 9.63. The average molecular weight is 295 g/mol. The van der Waals surface area contributed by atoms with E-state index in [0.29, 0.717) is 5.56 Å². The van der Waals surface area contributed by atoms with Crippen LogP contribution in [0.25, 0.3) is 0 Å². The molecule has 0 unspecified atom stereocenters. The zero-order chi connectivity index (χ0) is 14.5. The summed E-state index contributed by atoms with van der Waals surface area (Å²) in [6, 6.07) is 3.21. The highest BCUT2D eigenvalue weighted by atomic mass is 32.2. The van der Waals surface area contributed by atoms with Crippen LogP contribution in [-0.2, 0) is 4.79 Å². The van der Waals surface area contributed by atoms with Crippen LogP contribution in [0, 0.1) is 0 Å². The van der Waals surface area contributed by atoms with Gasteiger partial charge < -0.3 is 10.1 Å². The molecule has 7 nitrogen and oxygen atoms in total. The van der Waals surface area contributed by atoms with E-state index >= 15 is 0 Å². The van der Waals surface area contributed by atoms with Crippen molar-refractivity contribution in [1.82, 2.24) is 15.2 Å². The molecule has 0 saturated carbocycles. The number of hydrogen-bond donors (Lipinski definition) is 1. The minimum Gasteiger partial charge on any atom is -0.480 e. The van der Waals surface area contributed by atoms with Crippen molar-refractivity contribution < 1.29 is 19.1 Å². The standard InChI is InChI=1S/C12H13N3O4S/c1-19-11-8(3-2-4-14-11)10(17)13-5-6-15-9(16)7-20-12(15)18/h2-4H,5-7H2,1H3,(H,13,17). The number of aromatic nitrogens is 1. The Bertz CT molecular complexity index is 533. The molecule has 20 heavy (non-hydrogen) atoms. The van der Waals surface area contributed by atoms with Crippen LogP contribution in [0.15, 0.2) is 18.3 Å². The number of methoxy groups -OCH3 is 1. The lowest BCUT2D eigenvalue weighted by molar-refractivity contribution is -0.124. The number of amides is 3. The van der Waals surface area contributed by atoms with Crippen LogP contribution in [0.1, 0.15) is 10.4 Å². The molecule has 0 radical (unpaired) electrons. The predicted molar refractivity (Wildman–Crippen MR) is 72.7 cm³/mol. The van der Waals surface area contributed by atoms with Gasteiger partial charge in [0.15, 0.2) is 0 Å². The first-order valence-electron chi connectivity index (χ1n) is 5.88. The van der Waals surface area contributed by atoms with Gasteiger partial charge in [-0.3, -0.25) is 19.3 Å². The van der Waals surface area contributed by atoms with Crippen LogP contribution in [-0.4, -0.2) is 52.9 Å². The fourth-order valence-electron chi connectivity index (χ4n) is 1.70. The normalized spacial score (nSPS) is 14.6. The van der Waals surface area contributed by atoms with Gasteiger partial charge in [-0.25, -0.2) is 4.98 Å². The van der Waals surface area contributed by atoms with Crippen LogP contribution in [0.4, 0.5) is 4.79 Å². The number of ether oxygens (including phenoxy) is 1. The van der Waals surface area contributed by atoms with Gasteiger partial charge in [0.25, 0.3) is 11.1 Å². The second-order valence-corrected chi connectivity index (χ2v) is 4.84. The van der Waals surface area contributed by atoms with Crippen LogP contribution >= 0.6 is 11.8 Å². The smallest absolute Gasteiger partial charge is 0.288 e. The SMILES string of the molecule is COc1ncccc1C(=O)NCCN1C(=O)CSC1=O. The number of hydrogen-bond acceptors (Lipinski definition) is 6. The Kier molecular flexibility index (Phi) is 4.57. The number of rotatable bonds is 5. The summed E-state index contributed by atoms with van der Waals surface area (Å²) in [6.45, 7) is 0.355. The molecule has 3 amide bonds. The van der Waals surface area contributed by atoms with Crippen LogP contribution in [0.5, 0.6) is 5.88 Å². The number of pyridine rings is 1. The van der Waals surface area contributed by atoms with Gasteiger partial charge in [-0.2, -0.15) is 0 Å². The molecule has 1 N–H and O–H groups in total. The van der Waals surface area contributed by atoms with Gasteiger partial charge in [0, 0.05) is 19.3 Å². The summed E-state index contributed by atoms with van der Waals surface area (Å²) >= 11 is 0.970. The lowest BCUT2D eigenvalue weighted by Crippen LogP contribution is -2.37. The lowest BCUT2D eigenvalue weighted by Gasteiger charge is -2.13. The van der Waals surface area contributed by atoms with Crippen molar-refractivity contribution in [3.63, 3.8) is 0 Å². The number of thioether (sulfide) groups is 1. The zero-order valence-corrected chi connectivity index (χ0v) is 11.6.